The lowest BCUT2D eigenvalue weighted by Gasteiger charge is -2.39. The summed E-state index contributed by atoms with van der Waals surface area (Å²) in [6, 6.07) is 5.81. The van der Waals surface area contributed by atoms with Crippen LogP contribution in [0.15, 0.2) is 22.7 Å². The molecule has 13 heavy (non-hydrogen) atoms. The molecule has 0 radical (unpaired) electrons. The average molecular weight is 262 g/mol. The van der Waals surface area contributed by atoms with Crippen LogP contribution >= 0.6 is 27.5 Å². The number of hydrogen-bond acceptors (Lipinski definition) is 2. The number of nitrogens with two attached hydrogens (primary N) is 1. The van der Waals surface area contributed by atoms with Crippen molar-refractivity contribution in [3.63, 3.8) is 0 Å². The van der Waals surface area contributed by atoms with Gasteiger partial charge in [0.05, 0.1) is 5.54 Å². The molecule has 0 amide bonds. The number of halogens is 2. The zero-order valence-corrected chi connectivity index (χ0v) is 9.32. The van der Waals surface area contributed by atoms with Crippen molar-refractivity contribution in [1.82, 2.24) is 5.32 Å². The Kier molecular flexibility index (Phi) is 2.36. The molecule has 70 valence electrons. The Morgan fingerprint density at radius 1 is 1.38 bits per heavy atom. The smallest absolute Gasteiger partial charge is 0.0663 e. The van der Waals surface area contributed by atoms with Crippen molar-refractivity contribution in [3.8, 4) is 0 Å². The summed E-state index contributed by atoms with van der Waals surface area (Å²) < 4.78 is 0.978. The van der Waals surface area contributed by atoms with E-state index in [-0.39, 0.29) is 5.54 Å². The summed E-state index contributed by atoms with van der Waals surface area (Å²) >= 11 is 9.33. The minimum Gasteiger partial charge on any atom is -0.319 e. The summed E-state index contributed by atoms with van der Waals surface area (Å²) in [5.74, 6) is 0. The van der Waals surface area contributed by atoms with Gasteiger partial charge in [-0.25, -0.2) is 0 Å². The van der Waals surface area contributed by atoms with E-state index in [1.54, 1.807) is 0 Å². The second-order valence-electron chi connectivity index (χ2n) is 3.42. The van der Waals surface area contributed by atoms with Crippen LogP contribution in [0.1, 0.15) is 5.56 Å². The summed E-state index contributed by atoms with van der Waals surface area (Å²) in [6.07, 6.45) is 0. The van der Waals surface area contributed by atoms with Crippen LogP contribution in [0.2, 0.25) is 5.02 Å². The van der Waals surface area contributed by atoms with Crippen molar-refractivity contribution in [1.29, 1.82) is 0 Å². The molecular weight excluding hydrogens is 251 g/mol. The molecule has 0 spiro atoms. The fourth-order valence-corrected chi connectivity index (χ4v) is 2.30. The Morgan fingerprint density at radius 2 is 2.08 bits per heavy atom. The van der Waals surface area contributed by atoms with Gasteiger partial charge in [-0.2, -0.15) is 0 Å². The highest BCUT2D eigenvalue weighted by Gasteiger charge is 2.34. The maximum absolute atomic E-state index is 6.12. The number of rotatable bonds is 1. The fourth-order valence-electron chi connectivity index (χ4n) is 1.44. The predicted molar refractivity (Wildman–Crippen MR) is 57.9 cm³/mol. The quantitative estimate of drug-likeness (QED) is 0.810. The molecule has 1 heterocycles. The van der Waals surface area contributed by atoms with Gasteiger partial charge in [-0.05, 0) is 23.8 Å². The monoisotopic (exact) mass is 260 g/mol. The lowest BCUT2D eigenvalue weighted by molar-refractivity contribution is 0.287. The summed E-state index contributed by atoms with van der Waals surface area (Å²) in [4.78, 5) is 0. The largest absolute Gasteiger partial charge is 0.319 e. The van der Waals surface area contributed by atoms with Crippen LogP contribution in [0.5, 0.6) is 0 Å². The maximum Gasteiger partial charge on any atom is 0.0663 e. The third kappa shape index (κ3) is 1.74. The van der Waals surface area contributed by atoms with Crippen molar-refractivity contribution in [2.45, 2.75) is 5.54 Å². The lowest BCUT2D eigenvalue weighted by atomic mass is 9.85. The van der Waals surface area contributed by atoms with E-state index in [9.17, 15) is 0 Å². The van der Waals surface area contributed by atoms with Gasteiger partial charge >= 0.3 is 0 Å². The molecule has 3 N–H and O–H groups in total. The standard InChI is InChI=1S/C9H10BrClN2/c10-7-1-6(2-8(11)3-7)9(12)4-13-5-9/h1-3,13H,4-5,12H2. The molecule has 0 atom stereocenters. The Hall–Kier alpha value is -0.0900. The van der Waals surface area contributed by atoms with E-state index in [4.69, 9.17) is 17.3 Å². The third-order valence-corrected chi connectivity index (χ3v) is 2.99. The number of benzene rings is 1. The Balaban J connectivity index is 2.39. The minimum absolute atomic E-state index is 0.229. The van der Waals surface area contributed by atoms with Crippen molar-refractivity contribution in [2.75, 3.05) is 13.1 Å². The van der Waals surface area contributed by atoms with Crippen molar-refractivity contribution in [3.05, 3.63) is 33.3 Å². The lowest BCUT2D eigenvalue weighted by Crippen LogP contribution is -2.62. The van der Waals surface area contributed by atoms with E-state index in [0.29, 0.717) is 0 Å². The number of nitrogens with one attached hydrogen (secondary N) is 1. The van der Waals surface area contributed by atoms with Crippen LogP contribution in [0, 0.1) is 0 Å². The summed E-state index contributed by atoms with van der Waals surface area (Å²) in [7, 11) is 0. The highest BCUT2D eigenvalue weighted by molar-refractivity contribution is 9.10. The topological polar surface area (TPSA) is 38.0 Å². The van der Waals surface area contributed by atoms with E-state index in [1.807, 2.05) is 18.2 Å². The van der Waals surface area contributed by atoms with Gasteiger partial charge in [0.15, 0.2) is 0 Å². The maximum atomic E-state index is 6.12. The molecule has 1 saturated heterocycles. The zero-order chi connectivity index (χ0) is 9.47. The molecule has 4 heteroatoms. The summed E-state index contributed by atoms with van der Waals surface area (Å²) in [5.41, 5.74) is 6.98. The zero-order valence-electron chi connectivity index (χ0n) is 6.98. The van der Waals surface area contributed by atoms with E-state index in [0.717, 1.165) is 28.1 Å². The molecular formula is C9H10BrClN2. The predicted octanol–water partition coefficient (Wildman–Crippen LogP) is 1.86. The van der Waals surface area contributed by atoms with Crippen LogP contribution in [0.3, 0.4) is 0 Å². The second kappa shape index (κ2) is 3.24. The van der Waals surface area contributed by atoms with Gasteiger partial charge < -0.3 is 11.1 Å². The van der Waals surface area contributed by atoms with Crippen LogP contribution in [-0.4, -0.2) is 13.1 Å². The SMILES string of the molecule is NC1(c2cc(Cl)cc(Br)c2)CNC1. The Morgan fingerprint density at radius 3 is 2.54 bits per heavy atom. The van der Waals surface area contributed by atoms with E-state index in [1.165, 1.54) is 0 Å². The average Bonchev–Trinajstić information content (AvgIpc) is 1.98. The number of hydrogen-bond donors (Lipinski definition) is 2. The Bertz CT molecular complexity index is 316. The third-order valence-electron chi connectivity index (χ3n) is 2.32. The van der Waals surface area contributed by atoms with Crippen molar-refractivity contribution < 1.29 is 0 Å². The molecule has 0 aromatic heterocycles. The molecule has 1 aromatic carbocycles. The first-order valence-electron chi connectivity index (χ1n) is 4.06. The molecule has 0 aliphatic carbocycles. The van der Waals surface area contributed by atoms with Gasteiger partial charge in [0.2, 0.25) is 0 Å². The van der Waals surface area contributed by atoms with Crippen molar-refractivity contribution in [2.24, 2.45) is 5.73 Å². The molecule has 1 aromatic rings. The normalized spacial score (nSPS) is 19.6. The molecule has 2 rings (SSSR count). The first kappa shape index (κ1) is 9.46. The summed E-state index contributed by atoms with van der Waals surface area (Å²) in [5, 5.41) is 3.88. The molecule has 2 nitrogen and oxygen atoms in total. The van der Waals surface area contributed by atoms with Gasteiger partial charge in [0, 0.05) is 22.6 Å². The molecule has 1 aliphatic heterocycles. The second-order valence-corrected chi connectivity index (χ2v) is 4.77. The van der Waals surface area contributed by atoms with Crippen molar-refractivity contribution >= 4 is 27.5 Å². The van der Waals surface area contributed by atoms with Crippen LogP contribution < -0.4 is 11.1 Å². The van der Waals surface area contributed by atoms with E-state index < -0.39 is 0 Å². The molecule has 1 fully saturated rings. The molecule has 0 unspecified atom stereocenters. The van der Waals surface area contributed by atoms with Gasteiger partial charge in [-0.3, -0.25) is 0 Å². The summed E-state index contributed by atoms with van der Waals surface area (Å²) in [6.45, 7) is 1.64. The van der Waals surface area contributed by atoms with Crippen LogP contribution in [0.4, 0.5) is 0 Å². The van der Waals surface area contributed by atoms with Gasteiger partial charge in [0.25, 0.3) is 0 Å². The van der Waals surface area contributed by atoms with Crippen LogP contribution in [-0.2, 0) is 5.54 Å². The molecule has 0 bridgehead atoms. The van der Waals surface area contributed by atoms with E-state index in [2.05, 4.69) is 21.2 Å². The van der Waals surface area contributed by atoms with Gasteiger partial charge in [0.1, 0.15) is 0 Å². The first-order valence-corrected chi connectivity index (χ1v) is 5.23. The Labute approximate surface area is 90.6 Å². The molecule has 1 aliphatic rings. The highest BCUT2D eigenvalue weighted by atomic mass is 79.9. The minimum atomic E-state index is -0.229. The van der Waals surface area contributed by atoms with Gasteiger partial charge in [-0.1, -0.05) is 27.5 Å². The van der Waals surface area contributed by atoms with E-state index >= 15 is 0 Å². The van der Waals surface area contributed by atoms with Crippen LogP contribution in [0.25, 0.3) is 0 Å². The first-order chi connectivity index (χ1) is 6.10. The molecule has 0 saturated carbocycles. The fraction of sp³-hybridized carbons (Fsp3) is 0.333. The van der Waals surface area contributed by atoms with Gasteiger partial charge in [-0.15, -0.1) is 0 Å². The highest BCUT2D eigenvalue weighted by Crippen LogP contribution is 2.28.